The van der Waals surface area contributed by atoms with Gasteiger partial charge in [-0.05, 0) is 19.1 Å². The highest BCUT2D eigenvalue weighted by Crippen LogP contribution is 2.24. The van der Waals surface area contributed by atoms with Gasteiger partial charge >= 0.3 is 0 Å². The molecule has 0 radical (unpaired) electrons. The molecule has 0 saturated heterocycles. The Morgan fingerprint density at radius 2 is 2.00 bits per heavy atom. The van der Waals surface area contributed by atoms with Crippen molar-refractivity contribution in [2.24, 2.45) is 0 Å². The van der Waals surface area contributed by atoms with Crippen LogP contribution >= 0.6 is 0 Å². The Balaban J connectivity index is 3.11. The van der Waals surface area contributed by atoms with Gasteiger partial charge in [0, 0.05) is 25.0 Å². The van der Waals surface area contributed by atoms with Gasteiger partial charge in [0.1, 0.15) is 5.75 Å². The molecule has 0 bridgehead atoms. The van der Waals surface area contributed by atoms with Crippen LogP contribution in [0.3, 0.4) is 0 Å². The van der Waals surface area contributed by atoms with Gasteiger partial charge in [0.25, 0.3) is 0 Å². The predicted octanol–water partition coefficient (Wildman–Crippen LogP) is 2.64. The number of hydrogen-bond donors (Lipinski definition) is 1. The van der Waals surface area contributed by atoms with E-state index < -0.39 is 0 Å². The van der Waals surface area contributed by atoms with Gasteiger partial charge in [-0.2, -0.15) is 0 Å². The summed E-state index contributed by atoms with van der Waals surface area (Å²) < 4.78 is 5.33. The van der Waals surface area contributed by atoms with E-state index in [-0.39, 0.29) is 11.7 Å². The fourth-order valence-electron chi connectivity index (χ4n) is 1.51. The molecule has 0 aliphatic heterocycles. The number of rotatable bonds is 5. The zero-order valence-electron chi connectivity index (χ0n) is 10.4. The molecule has 92 valence electrons. The lowest BCUT2D eigenvalue weighted by Crippen LogP contribution is -2.11. The average molecular weight is 235 g/mol. The molecular weight excluding hydrogens is 218 g/mol. The molecule has 1 rings (SSSR count). The van der Waals surface area contributed by atoms with E-state index in [0.717, 1.165) is 0 Å². The molecule has 0 spiro atoms. The molecule has 0 aromatic heterocycles. The zero-order valence-corrected chi connectivity index (χ0v) is 10.4. The first-order valence-electron chi connectivity index (χ1n) is 5.66. The molecule has 1 N–H and O–H groups in total. The van der Waals surface area contributed by atoms with Crippen LogP contribution in [0.5, 0.6) is 5.75 Å². The predicted molar refractivity (Wildman–Crippen MR) is 66.5 cm³/mol. The second kappa shape index (κ2) is 6.03. The molecular formula is C13H17NO3. The monoisotopic (exact) mass is 235 g/mol. The summed E-state index contributed by atoms with van der Waals surface area (Å²) in [5, 5.41) is 2.65. The first kappa shape index (κ1) is 13.2. The summed E-state index contributed by atoms with van der Waals surface area (Å²) in [6, 6.07) is 5.09. The Hall–Kier alpha value is -1.84. The molecule has 4 heteroatoms. The summed E-state index contributed by atoms with van der Waals surface area (Å²) >= 11 is 0. The SMILES string of the molecule is CCOc1ccc(C(=O)CC)c(NC(C)=O)c1. The summed E-state index contributed by atoms with van der Waals surface area (Å²) in [6.07, 6.45) is 0.403. The van der Waals surface area contributed by atoms with Gasteiger partial charge < -0.3 is 10.1 Å². The van der Waals surface area contributed by atoms with Crippen LogP contribution in [0.2, 0.25) is 0 Å². The largest absolute Gasteiger partial charge is 0.494 e. The third-order valence-electron chi connectivity index (χ3n) is 2.23. The highest BCUT2D eigenvalue weighted by Gasteiger charge is 2.11. The Labute approximate surface area is 101 Å². The minimum Gasteiger partial charge on any atom is -0.494 e. The van der Waals surface area contributed by atoms with E-state index in [9.17, 15) is 9.59 Å². The third kappa shape index (κ3) is 3.59. The summed E-state index contributed by atoms with van der Waals surface area (Å²) in [7, 11) is 0. The Bertz CT molecular complexity index is 427. The van der Waals surface area contributed by atoms with E-state index in [1.165, 1.54) is 6.92 Å². The second-order valence-electron chi connectivity index (χ2n) is 3.60. The number of nitrogens with one attached hydrogen (secondary N) is 1. The molecule has 0 aliphatic carbocycles. The molecule has 0 aliphatic rings. The summed E-state index contributed by atoms with van der Waals surface area (Å²) in [4.78, 5) is 22.8. The van der Waals surface area contributed by atoms with Crippen molar-refractivity contribution >= 4 is 17.4 Å². The number of amides is 1. The van der Waals surface area contributed by atoms with Gasteiger partial charge in [-0.15, -0.1) is 0 Å². The molecule has 0 heterocycles. The number of anilines is 1. The van der Waals surface area contributed by atoms with Crippen LogP contribution in [-0.2, 0) is 4.79 Å². The van der Waals surface area contributed by atoms with Gasteiger partial charge in [-0.3, -0.25) is 9.59 Å². The maximum atomic E-state index is 11.7. The molecule has 0 saturated carbocycles. The number of hydrogen-bond acceptors (Lipinski definition) is 3. The van der Waals surface area contributed by atoms with Gasteiger partial charge in [0.15, 0.2) is 5.78 Å². The lowest BCUT2D eigenvalue weighted by molar-refractivity contribution is -0.114. The van der Waals surface area contributed by atoms with Crippen LogP contribution in [0.4, 0.5) is 5.69 Å². The number of carbonyl (C=O) groups is 2. The third-order valence-corrected chi connectivity index (χ3v) is 2.23. The first-order chi connectivity index (χ1) is 8.08. The van der Waals surface area contributed by atoms with E-state index in [1.807, 2.05) is 6.92 Å². The highest BCUT2D eigenvalue weighted by atomic mass is 16.5. The summed E-state index contributed by atoms with van der Waals surface area (Å²) in [5.74, 6) is 0.435. The van der Waals surface area contributed by atoms with Crippen LogP contribution in [0.15, 0.2) is 18.2 Å². The lowest BCUT2D eigenvalue weighted by atomic mass is 10.1. The molecule has 1 aromatic rings. The number of ketones is 1. The van der Waals surface area contributed by atoms with Gasteiger partial charge in [-0.25, -0.2) is 0 Å². The summed E-state index contributed by atoms with van der Waals surface area (Å²) in [5.41, 5.74) is 1.03. The molecule has 1 amide bonds. The minimum absolute atomic E-state index is 0.00296. The molecule has 4 nitrogen and oxygen atoms in total. The zero-order chi connectivity index (χ0) is 12.8. The minimum atomic E-state index is -0.205. The molecule has 17 heavy (non-hydrogen) atoms. The number of ether oxygens (including phenoxy) is 1. The van der Waals surface area contributed by atoms with Gasteiger partial charge in [0.05, 0.1) is 12.3 Å². The smallest absolute Gasteiger partial charge is 0.221 e. The Morgan fingerprint density at radius 3 is 2.53 bits per heavy atom. The number of carbonyl (C=O) groups excluding carboxylic acids is 2. The van der Waals surface area contributed by atoms with E-state index in [1.54, 1.807) is 25.1 Å². The van der Waals surface area contributed by atoms with Gasteiger partial charge in [0.2, 0.25) is 5.91 Å². The van der Waals surface area contributed by atoms with Crippen molar-refractivity contribution in [1.82, 2.24) is 0 Å². The van der Waals surface area contributed by atoms with E-state index >= 15 is 0 Å². The average Bonchev–Trinajstić information content (AvgIpc) is 2.28. The maximum absolute atomic E-state index is 11.7. The van der Waals surface area contributed by atoms with Crippen LogP contribution in [-0.4, -0.2) is 18.3 Å². The number of benzene rings is 1. The van der Waals surface area contributed by atoms with Crippen molar-refractivity contribution in [3.63, 3.8) is 0 Å². The topological polar surface area (TPSA) is 55.4 Å². The molecule has 1 aromatic carbocycles. The van der Waals surface area contributed by atoms with E-state index in [4.69, 9.17) is 4.74 Å². The van der Waals surface area contributed by atoms with Crippen LogP contribution in [0.1, 0.15) is 37.6 Å². The van der Waals surface area contributed by atoms with Crippen LogP contribution < -0.4 is 10.1 Å². The quantitative estimate of drug-likeness (QED) is 0.798. The van der Waals surface area contributed by atoms with Crippen molar-refractivity contribution < 1.29 is 14.3 Å². The van der Waals surface area contributed by atoms with Crippen molar-refractivity contribution in [3.05, 3.63) is 23.8 Å². The fraction of sp³-hybridized carbons (Fsp3) is 0.385. The fourth-order valence-corrected chi connectivity index (χ4v) is 1.51. The van der Waals surface area contributed by atoms with Crippen molar-refractivity contribution in [3.8, 4) is 5.75 Å². The lowest BCUT2D eigenvalue weighted by Gasteiger charge is -2.11. The molecule has 0 fully saturated rings. The van der Waals surface area contributed by atoms with Crippen molar-refractivity contribution in [2.45, 2.75) is 27.2 Å². The van der Waals surface area contributed by atoms with Crippen LogP contribution in [0, 0.1) is 0 Å². The first-order valence-corrected chi connectivity index (χ1v) is 5.66. The highest BCUT2D eigenvalue weighted by molar-refractivity contribution is 6.04. The molecule has 0 atom stereocenters. The Morgan fingerprint density at radius 1 is 1.29 bits per heavy atom. The van der Waals surface area contributed by atoms with E-state index in [2.05, 4.69) is 5.32 Å². The maximum Gasteiger partial charge on any atom is 0.221 e. The Kier molecular flexibility index (Phi) is 4.69. The van der Waals surface area contributed by atoms with E-state index in [0.29, 0.717) is 30.0 Å². The summed E-state index contributed by atoms with van der Waals surface area (Å²) in [6.45, 7) is 5.62. The second-order valence-corrected chi connectivity index (χ2v) is 3.60. The van der Waals surface area contributed by atoms with Crippen molar-refractivity contribution in [1.29, 1.82) is 0 Å². The van der Waals surface area contributed by atoms with Crippen LogP contribution in [0.25, 0.3) is 0 Å². The number of Topliss-reactive ketones (excluding diaryl/α,β-unsaturated/α-hetero) is 1. The standard InChI is InChI=1S/C13H17NO3/c1-4-13(16)11-7-6-10(17-5-2)8-12(11)14-9(3)15/h6-8H,4-5H2,1-3H3,(H,14,15). The van der Waals surface area contributed by atoms with Crippen molar-refractivity contribution in [2.75, 3.05) is 11.9 Å². The normalized spacial score (nSPS) is 9.82. The van der Waals surface area contributed by atoms with Gasteiger partial charge in [-0.1, -0.05) is 6.92 Å². The molecule has 0 unspecified atom stereocenters.